The second kappa shape index (κ2) is 4.59. The minimum Gasteiger partial charge on any atom is -0.465 e. The molecule has 0 spiro atoms. The van der Waals surface area contributed by atoms with Gasteiger partial charge >= 0.3 is 5.97 Å². The molecule has 88 valence electrons. The molecule has 0 fully saturated rings. The van der Waals surface area contributed by atoms with Crippen molar-refractivity contribution in [1.82, 2.24) is 0 Å². The fourth-order valence-electron chi connectivity index (χ4n) is 1.66. The van der Waals surface area contributed by atoms with Gasteiger partial charge in [0, 0.05) is 16.1 Å². The van der Waals surface area contributed by atoms with Gasteiger partial charge in [-0.1, -0.05) is 6.07 Å². The molecule has 0 aliphatic carbocycles. The van der Waals surface area contributed by atoms with Gasteiger partial charge in [-0.05, 0) is 36.1 Å². The first kappa shape index (κ1) is 11.7. The molecule has 1 aromatic carbocycles. The molecule has 0 saturated heterocycles. The summed E-state index contributed by atoms with van der Waals surface area (Å²) < 4.78 is 4.65. The second-order valence-corrected chi connectivity index (χ2v) is 4.85. The van der Waals surface area contributed by atoms with Gasteiger partial charge in [-0.15, -0.1) is 11.3 Å². The number of rotatable bonds is 2. The number of carbonyl (C=O) groups is 1. The molecule has 1 aromatic heterocycles. The monoisotopic (exact) mass is 247 g/mol. The highest BCUT2D eigenvalue weighted by Crippen LogP contribution is 2.30. The van der Waals surface area contributed by atoms with Gasteiger partial charge in [0.15, 0.2) is 0 Å². The maximum Gasteiger partial charge on any atom is 0.337 e. The van der Waals surface area contributed by atoms with E-state index in [2.05, 4.69) is 16.2 Å². The lowest BCUT2D eigenvalue weighted by molar-refractivity contribution is 0.0601. The number of nitrogen functional groups attached to an aromatic ring is 1. The summed E-state index contributed by atoms with van der Waals surface area (Å²) in [5.74, 6) is -0.371. The molecule has 0 saturated carbocycles. The normalized spacial score (nSPS) is 10.2. The minimum atomic E-state index is -0.371. The highest BCUT2D eigenvalue weighted by atomic mass is 32.1. The second-order valence-electron chi connectivity index (χ2n) is 3.74. The predicted octanol–water partition coefficient (Wildman–Crippen LogP) is 3.09. The van der Waals surface area contributed by atoms with Crippen molar-refractivity contribution >= 4 is 23.0 Å². The van der Waals surface area contributed by atoms with E-state index < -0.39 is 0 Å². The molecule has 3 nitrogen and oxygen atoms in total. The van der Waals surface area contributed by atoms with Crippen molar-refractivity contribution in [2.75, 3.05) is 12.8 Å². The molecule has 0 aliphatic heterocycles. The van der Waals surface area contributed by atoms with Crippen molar-refractivity contribution < 1.29 is 9.53 Å². The number of esters is 1. The Morgan fingerprint density at radius 3 is 2.65 bits per heavy atom. The first-order valence-electron chi connectivity index (χ1n) is 5.15. The lowest BCUT2D eigenvalue weighted by Gasteiger charge is -2.05. The molecule has 0 bridgehead atoms. The average molecular weight is 247 g/mol. The van der Waals surface area contributed by atoms with Crippen LogP contribution in [0.1, 0.15) is 15.2 Å². The van der Waals surface area contributed by atoms with Crippen molar-refractivity contribution in [3.8, 4) is 11.1 Å². The van der Waals surface area contributed by atoms with E-state index in [9.17, 15) is 4.79 Å². The summed E-state index contributed by atoms with van der Waals surface area (Å²) in [6, 6.07) is 7.30. The molecule has 0 aliphatic rings. The van der Waals surface area contributed by atoms with Crippen molar-refractivity contribution in [2.45, 2.75) is 6.92 Å². The van der Waals surface area contributed by atoms with E-state index in [1.807, 2.05) is 13.0 Å². The van der Waals surface area contributed by atoms with E-state index in [0.717, 1.165) is 11.1 Å². The molecule has 0 atom stereocenters. The minimum absolute atomic E-state index is 0.371. The van der Waals surface area contributed by atoms with E-state index >= 15 is 0 Å². The third-order valence-electron chi connectivity index (χ3n) is 2.51. The molecule has 2 rings (SSSR count). The lowest BCUT2D eigenvalue weighted by atomic mass is 10.0. The number of ether oxygens (including phenoxy) is 1. The number of aryl methyl sites for hydroxylation is 1. The number of nitrogens with two attached hydrogens (primary N) is 1. The summed E-state index contributed by atoms with van der Waals surface area (Å²) in [5, 5.41) is 2.05. The molecule has 0 unspecified atom stereocenters. The highest BCUT2D eigenvalue weighted by Gasteiger charge is 2.09. The Balaban J connectivity index is 2.41. The van der Waals surface area contributed by atoms with Gasteiger partial charge < -0.3 is 10.5 Å². The van der Waals surface area contributed by atoms with Gasteiger partial charge in [0.2, 0.25) is 0 Å². The van der Waals surface area contributed by atoms with Crippen LogP contribution in [0.3, 0.4) is 0 Å². The molecular formula is C13H13NO2S. The summed E-state index contributed by atoms with van der Waals surface area (Å²) in [7, 11) is 1.36. The Bertz CT molecular complexity index is 560. The van der Waals surface area contributed by atoms with Crippen molar-refractivity contribution in [3.63, 3.8) is 0 Å². The number of hydrogen-bond acceptors (Lipinski definition) is 4. The van der Waals surface area contributed by atoms with Crippen molar-refractivity contribution in [3.05, 3.63) is 40.1 Å². The average Bonchev–Trinajstić information content (AvgIpc) is 2.74. The van der Waals surface area contributed by atoms with Crippen molar-refractivity contribution in [2.24, 2.45) is 0 Å². The summed E-state index contributed by atoms with van der Waals surface area (Å²) >= 11 is 1.68. The summed E-state index contributed by atoms with van der Waals surface area (Å²) in [6.07, 6.45) is 0. The molecule has 0 amide bonds. The SMILES string of the molecule is COC(=O)c1ccc(-c2csc(C)c2)c(N)c1. The van der Waals surface area contributed by atoms with Gasteiger partial charge in [0.1, 0.15) is 0 Å². The fourth-order valence-corrected chi connectivity index (χ4v) is 2.36. The number of methoxy groups -OCH3 is 1. The fraction of sp³-hybridized carbons (Fsp3) is 0.154. The Labute approximate surface area is 104 Å². The first-order valence-corrected chi connectivity index (χ1v) is 6.03. The standard InChI is InChI=1S/C13H13NO2S/c1-8-5-10(7-17-8)11-4-3-9(6-12(11)14)13(15)16-2/h3-7H,14H2,1-2H3. The van der Waals surface area contributed by atoms with E-state index in [1.54, 1.807) is 23.5 Å². The van der Waals surface area contributed by atoms with Gasteiger partial charge in [0.05, 0.1) is 12.7 Å². The zero-order valence-corrected chi connectivity index (χ0v) is 10.5. The Morgan fingerprint density at radius 1 is 1.35 bits per heavy atom. The third kappa shape index (κ3) is 2.31. The molecule has 0 radical (unpaired) electrons. The van der Waals surface area contributed by atoms with Crippen LogP contribution in [0, 0.1) is 6.92 Å². The number of hydrogen-bond donors (Lipinski definition) is 1. The molecule has 2 N–H and O–H groups in total. The molecule has 2 aromatic rings. The van der Waals surface area contributed by atoms with Gasteiger partial charge in [-0.3, -0.25) is 0 Å². The van der Waals surface area contributed by atoms with E-state index in [0.29, 0.717) is 11.3 Å². The Hall–Kier alpha value is -1.81. The van der Waals surface area contributed by atoms with Crippen LogP contribution in [0.15, 0.2) is 29.6 Å². The maximum absolute atomic E-state index is 11.3. The third-order valence-corrected chi connectivity index (χ3v) is 3.38. The quantitative estimate of drug-likeness (QED) is 0.655. The van der Waals surface area contributed by atoms with Crippen LogP contribution in [0.5, 0.6) is 0 Å². The van der Waals surface area contributed by atoms with Crippen LogP contribution in [-0.2, 0) is 4.74 Å². The Kier molecular flexibility index (Phi) is 3.15. The lowest BCUT2D eigenvalue weighted by Crippen LogP contribution is -2.02. The molecule has 4 heteroatoms. The zero-order chi connectivity index (χ0) is 12.4. The largest absolute Gasteiger partial charge is 0.465 e. The number of carbonyl (C=O) groups excluding carboxylic acids is 1. The summed E-state index contributed by atoms with van der Waals surface area (Å²) in [5.41, 5.74) is 9.04. The smallest absolute Gasteiger partial charge is 0.337 e. The highest BCUT2D eigenvalue weighted by molar-refractivity contribution is 7.10. The first-order chi connectivity index (χ1) is 8.11. The summed E-state index contributed by atoms with van der Waals surface area (Å²) in [6.45, 7) is 2.05. The van der Waals surface area contributed by atoms with Gasteiger partial charge in [-0.25, -0.2) is 4.79 Å². The number of benzene rings is 1. The van der Waals surface area contributed by atoms with Gasteiger partial charge in [-0.2, -0.15) is 0 Å². The van der Waals surface area contributed by atoms with Crippen LogP contribution in [0.25, 0.3) is 11.1 Å². The van der Waals surface area contributed by atoms with Crippen molar-refractivity contribution in [1.29, 1.82) is 0 Å². The molecule has 17 heavy (non-hydrogen) atoms. The van der Waals surface area contributed by atoms with Crippen LogP contribution in [0.4, 0.5) is 5.69 Å². The van der Waals surface area contributed by atoms with Gasteiger partial charge in [0.25, 0.3) is 0 Å². The predicted molar refractivity (Wildman–Crippen MR) is 70.2 cm³/mol. The maximum atomic E-state index is 11.3. The van der Waals surface area contributed by atoms with E-state index in [1.165, 1.54) is 12.0 Å². The summed E-state index contributed by atoms with van der Waals surface area (Å²) in [4.78, 5) is 12.6. The van der Waals surface area contributed by atoms with Crippen LogP contribution in [-0.4, -0.2) is 13.1 Å². The number of thiophene rings is 1. The molecule has 1 heterocycles. The number of anilines is 1. The van der Waals surface area contributed by atoms with E-state index in [-0.39, 0.29) is 5.97 Å². The zero-order valence-electron chi connectivity index (χ0n) is 9.69. The van der Waals surface area contributed by atoms with Crippen LogP contribution >= 0.6 is 11.3 Å². The van der Waals surface area contributed by atoms with E-state index in [4.69, 9.17) is 5.73 Å². The van der Waals surface area contributed by atoms with Crippen LogP contribution < -0.4 is 5.73 Å². The van der Waals surface area contributed by atoms with Crippen LogP contribution in [0.2, 0.25) is 0 Å². The topological polar surface area (TPSA) is 52.3 Å². The Morgan fingerprint density at radius 2 is 2.12 bits per heavy atom. The molecular weight excluding hydrogens is 234 g/mol.